The molecule has 8 heavy (non-hydrogen) atoms. The van der Waals surface area contributed by atoms with Crippen LogP contribution in [0.5, 0.6) is 0 Å². The molecule has 0 rings (SSSR count). The summed E-state index contributed by atoms with van der Waals surface area (Å²) in [4.78, 5) is 0. The molecule has 0 radical (unpaired) electrons. The number of hydrogen-bond donors (Lipinski definition) is 2. The lowest BCUT2D eigenvalue weighted by Gasteiger charge is -2.22. The minimum atomic E-state index is -0.316. The zero-order valence-corrected chi connectivity index (χ0v) is 6.26. The van der Waals surface area contributed by atoms with Crippen molar-refractivity contribution in [3.63, 3.8) is 0 Å². The van der Waals surface area contributed by atoms with Crippen LogP contribution < -0.4 is 11.3 Å². The van der Waals surface area contributed by atoms with Crippen molar-refractivity contribution in [2.75, 3.05) is 11.8 Å². The predicted octanol–water partition coefficient (Wildman–Crippen LogP) is 0.686. The fourth-order valence-corrected chi connectivity index (χ4v) is 0.553. The van der Waals surface area contributed by atoms with E-state index in [0.29, 0.717) is 11.8 Å². The van der Waals surface area contributed by atoms with Crippen molar-refractivity contribution in [1.82, 2.24) is 5.43 Å². The van der Waals surface area contributed by atoms with E-state index in [1.165, 1.54) is 0 Å². The fourth-order valence-electron chi connectivity index (χ4n) is 0.113. The molecule has 0 amide bonds. The van der Waals surface area contributed by atoms with E-state index in [9.17, 15) is 0 Å². The maximum atomic E-state index is 5.48. The predicted molar refractivity (Wildman–Crippen MR) is 37.2 cm³/mol. The third-order valence-electron chi connectivity index (χ3n) is 0.938. The van der Waals surface area contributed by atoms with E-state index in [-0.39, 0.29) is 5.54 Å². The third kappa shape index (κ3) is 2.18. The minimum absolute atomic E-state index is 0.316. The van der Waals surface area contributed by atoms with E-state index < -0.39 is 0 Å². The van der Waals surface area contributed by atoms with Gasteiger partial charge in [-0.15, -0.1) is 23.2 Å². The van der Waals surface area contributed by atoms with Crippen LogP contribution in [0.3, 0.4) is 0 Å². The lowest BCUT2D eigenvalue weighted by atomic mass is 10.1. The van der Waals surface area contributed by atoms with Gasteiger partial charge in [0.25, 0.3) is 0 Å². The Hall–Kier alpha value is 0.500. The number of nitrogens with one attached hydrogen (secondary N) is 1. The zero-order chi connectivity index (χ0) is 6.62. The molecule has 0 aliphatic heterocycles. The average Bonchev–Trinajstić information content (AvgIpc) is 1.87. The Morgan fingerprint density at radius 1 is 1.50 bits per heavy atom. The highest BCUT2D eigenvalue weighted by atomic mass is 35.5. The topological polar surface area (TPSA) is 38.0 Å². The molecule has 0 bridgehead atoms. The summed E-state index contributed by atoms with van der Waals surface area (Å²) >= 11 is 11.0. The van der Waals surface area contributed by atoms with Crippen LogP contribution in [0.1, 0.15) is 6.92 Å². The molecular weight excluding hydrogens is 147 g/mol. The number of hydrazine groups is 1. The second-order valence-electron chi connectivity index (χ2n) is 1.97. The van der Waals surface area contributed by atoms with E-state index in [1.54, 1.807) is 0 Å². The smallest absolute Gasteiger partial charge is 0.0563 e. The molecule has 50 valence electrons. The summed E-state index contributed by atoms with van der Waals surface area (Å²) in [6.45, 7) is 1.85. The van der Waals surface area contributed by atoms with Crippen LogP contribution in [0, 0.1) is 0 Å². The van der Waals surface area contributed by atoms with Crippen molar-refractivity contribution in [2.45, 2.75) is 12.5 Å². The van der Waals surface area contributed by atoms with Crippen molar-refractivity contribution in [2.24, 2.45) is 5.84 Å². The largest absolute Gasteiger partial charge is 0.271 e. The molecule has 0 atom stereocenters. The molecule has 4 heteroatoms. The molecule has 3 N–H and O–H groups in total. The van der Waals surface area contributed by atoms with Gasteiger partial charge < -0.3 is 0 Å². The SMILES string of the molecule is CC(CCl)(CCl)NN. The van der Waals surface area contributed by atoms with Gasteiger partial charge in [-0.05, 0) is 6.92 Å². The molecule has 2 nitrogen and oxygen atoms in total. The molecule has 0 fully saturated rings. The first-order valence-electron chi connectivity index (χ1n) is 2.28. The lowest BCUT2D eigenvalue weighted by molar-refractivity contribution is 0.450. The molecular formula is C4H10Cl2N2. The molecule has 0 aliphatic rings. The van der Waals surface area contributed by atoms with Crippen molar-refractivity contribution in [3.05, 3.63) is 0 Å². The molecule has 0 heterocycles. The normalized spacial score (nSPS) is 12.0. The highest BCUT2D eigenvalue weighted by molar-refractivity contribution is 6.21. The first kappa shape index (κ1) is 8.50. The molecule has 0 aromatic heterocycles. The average molecular weight is 157 g/mol. The molecule has 0 saturated heterocycles. The van der Waals surface area contributed by atoms with Gasteiger partial charge in [-0.25, -0.2) is 0 Å². The number of hydrogen-bond acceptors (Lipinski definition) is 2. The van der Waals surface area contributed by atoms with E-state index >= 15 is 0 Å². The first-order chi connectivity index (χ1) is 3.68. The van der Waals surface area contributed by atoms with Gasteiger partial charge in [0.05, 0.1) is 5.54 Å². The monoisotopic (exact) mass is 156 g/mol. The first-order valence-corrected chi connectivity index (χ1v) is 3.35. The van der Waals surface area contributed by atoms with Crippen LogP contribution >= 0.6 is 23.2 Å². The Balaban J connectivity index is 3.58. The quantitative estimate of drug-likeness (QED) is 0.359. The Bertz CT molecular complexity index is 54.8. The van der Waals surface area contributed by atoms with Gasteiger partial charge in [-0.3, -0.25) is 11.3 Å². The number of alkyl halides is 2. The summed E-state index contributed by atoms with van der Waals surface area (Å²) in [5.41, 5.74) is 2.20. The van der Waals surface area contributed by atoms with E-state index in [1.807, 2.05) is 6.92 Å². The summed E-state index contributed by atoms with van der Waals surface area (Å²) in [7, 11) is 0. The highest BCUT2D eigenvalue weighted by Gasteiger charge is 2.18. The number of nitrogens with two attached hydrogens (primary N) is 1. The van der Waals surface area contributed by atoms with E-state index in [4.69, 9.17) is 29.0 Å². The van der Waals surface area contributed by atoms with Gasteiger partial charge >= 0.3 is 0 Å². The maximum Gasteiger partial charge on any atom is 0.0563 e. The molecule has 0 aliphatic carbocycles. The van der Waals surface area contributed by atoms with Gasteiger partial charge in [0.2, 0.25) is 0 Å². The van der Waals surface area contributed by atoms with Crippen LogP contribution in [0.15, 0.2) is 0 Å². The fraction of sp³-hybridized carbons (Fsp3) is 1.00. The Labute approximate surface area is 59.3 Å². The Morgan fingerprint density at radius 2 is 1.88 bits per heavy atom. The number of halogens is 2. The van der Waals surface area contributed by atoms with Crippen LogP contribution in [-0.4, -0.2) is 17.3 Å². The van der Waals surface area contributed by atoms with Crippen molar-refractivity contribution < 1.29 is 0 Å². The van der Waals surface area contributed by atoms with Crippen molar-refractivity contribution in [1.29, 1.82) is 0 Å². The summed E-state index contributed by atoms with van der Waals surface area (Å²) < 4.78 is 0. The summed E-state index contributed by atoms with van der Waals surface area (Å²) in [6, 6.07) is 0. The Morgan fingerprint density at radius 3 is 1.88 bits per heavy atom. The molecule has 0 spiro atoms. The van der Waals surface area contributed by atoms with E-state index in [2.05, 4.69) is 5.43 Å². The maximum absolute atomic E-state index is 5.48. The highest BCUT2D eigenvalue weighted by Crippen LogP contribution is 2.05. The van der Waals surface area contributed by atoms with Crippen LogP contribution in [-0.2, 0) is 0 Å². The van der Waals surface area contributed by atoms with Crippen molar-refractivity contribution >= 4 is 23.2 Å². The van der Waals surface area contributed by atoms with Gasteiger partial charge in [-0.2, -0.15) is 0 Å². The zero-order valence-electron chi connectivity index (χ0n) is 4.75. The number of rotatable bonds is 3. The molecule has 0 unspecified atom stereocenters. The standard InChI is InChI=1S/C4H10Cl2N2/c1-4(2-5,3-6)8-7/h8H,2-3,7H2,1H3. The van der Waals surface area contributed by atoms with Crippen LogP contribution in [0.4, 0.5) is 0 Å². The van der Waals surface area contributed by atoms with Crippen LogP contribution in [0.2, 0.25) is 0 Å². The molecule has 0 saturated carbocycles. The minimum Gasteiger partial charge on any atom is -0.271 e. The lowest BCUT2D eigenvalue weighted by Crippen LogP contribution is -2.49. The van der Waals surface area contributed by atoms with Crippen LogP contribution in [0.25, 0.3) is 0 Å². The molecule has 0 aromatic carbocycles. The summed E-state index contributed by atoms with van der Waals surface area (Å²) in [5, 5.41) is 0. The third-order valence-corrected chi connectivity index (χ3v) is 2.12. The Kier molecular flexibility index (Phi) is 3.73. The second-order valence-corrected chi connectivity index (χ2v) is 2.51. The van der Waals surface area contributed by atoms with Gasteiger partial charge in [0.1, 0.15) is 0 Å². The van der Waals surface area contributed by atoms with Gasteiger partial charge in [0, 0.05) is 11.8 Å². The summed E-state index contributed by atoms with van der Waals surface area (Å²) in [5.74, 6) is 5.96. The summed E-state index contributed by atoms with van der Waals surface area (Å²) in [6.07, 6.45) is 0. The van der Waals surface area contributed by atoms with Gasteiger partial charge in [0.15, 0.2) is 0 Å². The van der Waals surface area contributed by atoms with E-state index in [0.717, 1.165) is 0 Å². The molecule has 0 aromatic rings. The van der Waals surface area contributed by atoms with Crippen molar-refractivity contribution in [3.8, 4) is 0 Å². The van der Waals surface area contributed by atoms with Gasteiger partial charge in [-0.1, -0.05) is 0 Å². The second kappa shape index (κ2) is 3.51.